The standard InChI is InChI=1S/C18H13N3O2/c1-20-14-8-3-2-6-12(14)18(16(20)22)13-7-4-5-11-9-10-21(15(11)13)17(23)19-18/h2-10H,1H3,(H,19,23). The van der Waals surface area contributed by atoms with Crippen LogP contribution in [0.25, 0.3) is 10.9 Å². The number of hydrogen-bond acceptors (Lipinski definition) is 2. The summed E-state index contributed by atoms with van der Waals surface area (Å²) in [5.74, 6) is -0.132. The van der Waals surface area contributed by atoms with Crippen LogP contribution < -0.4 is 10.2 Å². The van der Waals surface area contributed by atoms with Crippen molar-refractivity contribution >= 4 is 28.5 Å². The molecular weight excluding hydrogens is 290 g/mol. The van der Waals surface area contributed by atoms with E-state index in [0.29, 0.717) is 0 Å². The second-order valence-electron chi connectivity index (χ2n) is 5.99. The second kappa shape index (κ2) is 3.81. The lowest BCUT2D eigenvalue weighted by Gasteiger charge is -2.34. The van der Waals surface area contributed by atoms with Crippen molar-refractivity contribution < 1.29 is 9.59 Å². The molecule has 5 heteroatoms. The molecule has 5 nitrogen and oxygen atoms in total. The molecule has 1 N–H and O–H groups in total. The molecule has 1 atom stereocenters. The number of nitrogens with zero attached hydrogens (tertiary/aromatic N) is 2. The lowest BCUT2D eigenvalue weighted by atomic mass is 9.82. The van der Waals surface area contributed by atoms with Gasteiger partial charge in [0.2, 0.25) is 0 Å². The van der Waals surface area contributed by atoms with E-state index >= 15 is 0 Å². The number of aromatic nitrogens is 1. The van der Waals surface area contributed by atoms with Gasteiger partial charge in [-0.2, -0.15) is 0 Å². The minimum atomic E-state index is -1.14. The lowest BCUT2D eigenvalue weighted by Crippen LogP contribution is -2.56. The maximum atomic E-state index is 13.2. The Bertz CT molecular complexity index is 1020. The van der Waals surface area contributed by atoms with E-state index in [-0.39, 0.29) is 11.9 Å². The molecule has 3 heterocycles. The van der Waals surface area contributed by atoms with Crippen molar-refractivity contribution in [1.29, 1.82) is 0 Å². The number of para-hydroxylation sites is 2. The highest BCUT2D eigenvalue weighted by Gasteiger charge is 2.55. The van der Waals surface area contributed by atoms with Gasteiger partial charge >= 0.3 is 6.03 Å². The summed E-state index contributed by atoms with van der Waals surface area (Å²) in [6.45, 7) is 0. The fraction of sp³-hybridized carbons (Fsp3) is 0.111. The average molecular weight is 303 g/mol. The molecule has 0 fully saturated rings. The first kappa shape index (κ1) is 12.5. The zero-order valence-corrected chi connectivity index (χ0v) is 12.4. The Morgan fingerprint density at radius 3 is 2.61 bits per heavy atom. The van der Waals surface area contributed by atoms with Gasteiger partial charge in [-0.25, -0.2) is 4.79 Å². The van der Waals surface area contributed by atoms with Gasteiger partial charge in [0, 0.05) is 35.4 Å². The van der Waals surface area contributed by atoms with E-state index in [9.17, 15) is 9.59 Å². The molecule has 2 aliphatic heterocycles. The molecule has 2 aromatic carbocycles. The summed E-state index contributed by atoms with van der Waals surface area (Å²) >= 11 is 0. The summed E-state index contributed by atoms with van der Waals surface area (Å²) in [5, 5.41) is 3.92. The van der Waals surface area contributed by atoms with E-state index in [2.05, 4.69) is 5.32 Å². The van der Waals surface area contributed by atoms with Gasteiger partial charge in [-0.3, -0.25) is 9.36 Å². The van der Waals surface area contributed by atoms with Crippen LogP contribution in [-0.4, -0.2) is 23.6 Å². The molecular formula is C18H13N3O2. The molecule has 0 radical (unpaired) electrons. The molecule has 0 bridgehead atoms. The third kappa shape index (κ3) is 1.25. The van der Waals surface area contributed by atoms with Crippen LogP contribution in [0.4, 0.5) is 10.5 Å². The van der Waals surface area contributed by atoms with Gasteiger partial charge in [0.15, 0.2) is 5.54 Å². The van der Waals surface area contributed by atoms with Gasteiger partial charge in [0.25, 0.3) is 5.91 Å². The lowest BCUT2D eigenvalue weighted by molar-refractivity contribution is -0.122. The number of fused-ring (bicyclic) bond motifs is 3. The van der Waals surface area contributed by atoms with Crippen LogP contribution in [0.2, 0.25) is 0 Å². The van der Waals surface area contributed by atoms with Gasteiger partial charge in [-0.1, -0.05) is 36.4 Å². The largest absolute Gasteiger partial charge is 0.327 e. The van der Waals surface area contributed by atoms with Crippen molar-refractivity contribution in [3.05, 3.63) is 65.9 Å². The van der Waals surface area contributed by atoms with Gasteiger partial charge in [-0.15, -0.1) is 0 Å². The quantitative estimate of drug-likeness (QED) is 0.693. The van der Waals surface area contributed by atoms with E-state index in [1.807, 2.05) is 48.5 Å². The van der Waals surface area contributed by atoms with E-state index in [1.165, 1.54) is 0 Å². The van der Waals surface area contributed by atoms with Crippen LogP contribution in [0, 0.1) is 0 Å². The highest BCUT2D eigenvalue weighted by Crippen LogP contribution is 2.47. The topological polar surface area (TPSA) is 54.3 Å². The Labute approximate surface area is 132 Å². The number of likely N-dealkylation sites (N-methyl/N-ethyl adjacent to an activating group) is 1. The van der Waals surface area contributed by atoms with Crippen molar-refractivity contribution in [3.8, 4) is 0 Å². The summed E-state index contributed by atoms with van der Waals surface area (Å²) in [7, 11) is 1.75. The van der Waals surface area contributed by atoms with Gasteiger partial charge in [0.05, 0.1) is 5.52 Å². The van der Waals surface area contributed by atoms with Crippen LogP contribution in [0.1, 0.15) is 11.1 Å². The number of hydrogen-bond donors (Lipinski definition) is 1. The molecule has 5 rings (SSSR count). The Kier molecular flexibility index (Phi) is 2.07. The number of rotatable bonds is 0. The van der Waals surface area contributed by atoms with E-state index in [0.717, 1.165) is 27.7 Å². The fourth-order valence-electron chi connectivity index (χ4n) is 3.89. The summed E-state index contributed by atoms with van der Waals surface area (Å²) in [5.41, 5.74) is 2.13. The SMILES string of the molecule is CN1C(=O)C2(NC(=O)n3ccc4cccc2c43)c2ccccc21. The molecule has 1 unspecified atom stereocenters. The molecule has 0 saturated heterocycles. The summed E-state index contributed by atoms with van der Waals surface area (Å²) < 4.78 is 1.57. The highest BCUT2D eigenvalue weighted by molar-refractivity contribution is 6.15. The van der Waals surface area contributed by atoms with E-state index in [4.69, 9.17) is 0 Å². The monoisotopic (exact) mass is 303 g/mol. The first-order chi connectivity index (χ1) is 11.1. The summed E-state index contributed by atoms with van der Waals surface area (Å²) in [6.07, 6.45) is 1.74. The molecule has 3 aromatic rings. The minimum Gasteiger partial charge on any atom is -0.315 e. The molecule has 2 aliphatic rings. The fourth-order valence-corrected chi connectivity index (χ4v) is 3.89. The first-order valence-electron chi connectivity index (χ1n) is 7.45. The van der Waals surface area contributed by atoms with Crippen molar-refractivity contribution in [2.24, 2.45) is 0 Å². The third-order valence-corrected chi connectivity index (χ3v) is 4.92. The summed E-state index contributed by atoms with van der Waals surface area (Å²) in [4.78, 5) is 27.4. The number of nitrogens with one attached hydrogen (secondary N) is 1. The van der Waals surface area contributed by atoms with Crippen molar-refractivity contribution in [2.75, 3.05) is 11.9 Å². The average Bonchev–Trinajstić information content (AvgIpc) is 3.09. The first-order valence-corrected chi connectivity index (χ1v) is 7.45. The van der Waals surface area contributed by atoms with Crippen LogP contribution in [-0.2, 0) is 10.3 Å². The van der Waals surface area contributed by atoms with E-state index in [1.54, 1.807) is 22.7 Å². The normalized spacial score (nSPS) is 21.9. The number of benzene rings is 2. The number of carbonyl (C=O) groups excluding carboxylic acids is 2. The molecule has 0 saturated carbocycles. The van der Waals surface area contributed by atoms with Gasteiger partial charge in [-0.05, 0) is 12.1 Å². The Morgan fingerprint density at radius 2 is 1.74 bits per heavy atom. The van der Waals surface area contributed by atoms with Crippen LogP contribution in [0.15, 0.2) is 54.7 Å². The van der Waals surface area contributed by atoms with Crippen LogP contribution in [0.5, 0.6) is 0 Å². The zero-order chi connectivity index (χ0) is 15.8. The molecule has 1 spiro atoms. The maximum Gasteiger partial charge on any atom is 0.327 e. The Hall–Kier alpha value is -3.08. The third-order valence-electron chi connectivity index (χ3n) is 4.92. The molecule has 1 aromatic heterocycles. The molecule has 112 valence electrons. The molecule has 23 heavy (non-hydrogen) atoms. The minimum absolute atomic E-state index is 0.132. The maximum absolute atomic E-state index is 13.2. The number of carbonyl (C=O) groups is 2. The predicted molar refractivity (Wildman–Crippen MR) is 86.5 cm³/mol. The summed E-state index contributed by atoms with van der Waals surface area (Å²) in [6, 6.07) is 15.0. The van der Waals surface area contributed by atoms with Crippen LogP contribution in [0.3, 0.4) is 0 Å². The van der Waals surface area contributed by atoms with Crippen LogP contribution >= 0.6 is 0 Å². The smallest absolute Gasteiger partial charge is 0.315 e. The van der Waals surface area contributed by atoms with Gasteiger partial charge < -0.3 is 10.2 Å². The van der Waals surface area contributed by atoms with E-state index < -0.39 is 5.54 Å². The molecule has 2 amide bonds. The Balaban J connectivity index is 1.96. The highest BCUT2D eigenvalue weighted by atomic mass is 16.2. The second-order valence-corrected chi connectivity index (χ2v) is 5.99. The van der Waals surface area contributed by atoms with Crippen molar-refractivity contribution in [3.63, 3.8) is 0 Å². The molecule has 0 aliphatic carbocycles. The van der Waals surface area contributed by atoms with Crippen molar-refractivity contribution in [2.45, 2.75) is 5.54 Å². The number of anilines is 1. The van der Waals surface area contributed by atoms with Gasteiger partial charge in [0.1, 0.15) is 0 Å². The zero-order valence-electron chi connectivity index (χ0n) is 12.4. The Morgan fingerprint density at radius 1 is 0.957 bits per heavy atom. The number of amides is 2. The predicted octanol–water partition coefficient (Wildman–Crippen LogP) is 2.43. The van der Waals surface area contributed by atoms with Crippen molar-refractivity contribution in [1.82, 2.24) is 9.88 Å².